The van der Waals surface area contributed by atoms with Crippen LogP contribution in [0.15, 0.2) is 30.3 Å². The van der Waals surface area contributed by atoms with Gasteiger partial charge in [0.15, 0.2) is 0 Å². The molecule has 3 rings (SSSR count). The van der Waals surface area contributed by atoms with E-state index in [9.17, 15) is 4.79 Å². The highest BCUT2D eigenvalue weighted by molar-refractivity contribution is 9.08. The number of nitrogens with zero attached hydrogens (tertiary/aromatic N) is 1. The minimum Gasteiger partial charge on any atom is -0.336 e. The van der Waals surface area contributed by atoms with E-state index in [1.807, 2.05) is 23.1 Å². The van der Waals surface area contributed by atoms with Crippen molar-refractivity contribution in [3.05, 3.63) is 35.9 Å². The maximum Gasteiger partial charge on any atom is 0.231 e. The highest BCUT2D eigenvalue weighted by Gasteiger charge is 2.67. The molecule has 96 valence electrons. The first-order valence-corrected chi connectivity index (χ1v) is 7.12. The van der Waals surface area contributed by atoms with Gasteiger partial charge < -0.3 is 4.90 Å². The van der Waals surface area contributed by atoms with Crippen LogP contribution < -0.4 is 4.34 Å². The predicted octanol–water partition coefficient (Wildman–Crippen LogP) is 2.47. The van der Waals surface area contributed by atoms with Crippen molar-refractivity contribution in [1.82, 2.24) is 9.24 Å². The summed E-state index contributed by atoms with van der Waals surface area (Å²) in [4.78, 5) is 14.5. The molecule has 1 aliphatic heterocycles. The number of hydrogen-bond acceptors (Lipinski definition) is 2. The van der Waals surface area contributed by atoms with Crippen LogP contribution in [-0.2, 0) is 11.3 Å². The normalized spacial score (nSPS) is 29.0. The zero-order valence-electron chi connectivity index (χ0n) is 10.4. The van der Waals surface area contributed by atoms with Gasteiger partial charge in [0.2, 0.25) is 5.91 Å². The highest BCUT2D eigenvalue weighted by Crippen LogP contribution is 2.59. The number of halogens is 1. The molecule has 1 N–H and O–H groups in total. The first-order valence-electron chi connectivity index (χ1n) is 6.32. The third-order valence-electron chi connectivity index (χ3n) is 4.43. The summed E-state index contributed by atoms with van der Waals surface area (Å²) in [5.41, 5.74) is 0.893. The Kier molecular flexibility index (Phi) is 2.75. The van der Waals surface area contributed by atoms with Gasteiger partial charge in [-0.2, -0.15) is 0 Å². The van der Waals surface area contributed by atoms with Gasteiger partial charge in [-0.3, -0.25) is 4.79 Å². The van der Waals surface area contributed by atoms with E-state index in [0.717, 1.165) is 19.4 Å². The number of amides is 1. The van der Waals surface area contributed by atoms with Crippen molar-refractivity contribution in [1.29, 1.82) is 0 Å². The molecule has 1 atom stereocenters. The summed E-state index contributed by atoms with van der Waals surface area (Å²) < 4.78 is 3.19. The van der Waals surface area contributed by atoms with Crippen LogP contribution in [-0.4, -0.2) is 22.9 Å². The molecule has 0 bridgehead atoms. The molecule has 1 saturated heterocycles. The molecule has 2 aliphatic rings. The van der Waals surface area contributed by atoms with Gasteiger partial charge in [0, 0.05) is 29.2 Å². The highest BCUT2D eigenvalue weighted by atomic mass is 79.9. The third kappa shape index (κ3) is 1.62. The molecule has 4 heteroatoms. The standard InChI is InChI=1S/C14H17BrN2O/c1-13(16-15)10-17(12(18)14(13)7-8-14)9-11-5-3-2-4-6-11/h2-6,16H,7-10H2,1H3. The van der Waals surface area contributed by atoms with Gasteiger partial charge in [-0.1, -0.05) is 30.3 Å². The summed E-state index contributed by atoms with van der Waals surface area (Å²) in [5.74, 6) is 0.306. The molecule has 1 aromatic rings. The minimum absolute atomic E-state index is 0.140. The monoisotopic (exact) mass is 308 g/mol. The molecule has 1 aromatic carbocycles. The SMILES string of the molecule is CC1(NBr)CN(Cc2ccccc2)C(=O)C12CC2. The van der Waals surface area contributed by atoms with Gasteiger partial charge in [-0.25, -0.2) is 4.34 Å². The topological polar surface area (TPSA) is 32.3 Å². The second kappa shape index (κ2) is 4.07. The Labute approximate surface area is 116 Å². The van der Waals surface area contributed by atoms with Crippen molar-refractivity contribution in [3.8, 4) is 0 Å². The van der Waals surface area contributed by atoms with Crippen molar-refractivity contribution >= 4 is 22.1 Å². The van der Waals surface area contributed by atoms with Crippen LogP contribution in [0, 0.1) is 5.41 Å². The van der Waals surface area contributed by atoms with Gasteiger partial charge in [-0.15, -0.1) is 0 Å². The van der Waals surface area contributed by atoms with Crippen molar-refractivity contribution in [2.75, 3.05) is 6.54 Å². The molecule has 0 aromatic heterocycles. The molecular weight excluding hydrogens is 292 g/mol. The van der Waals surface area contributed by atoms with Gasteiger partial charge in [0.05, 0.1) is 11.0 Å². The van der Waals surface area contributed by atoms with Gasteiger partial charge in [-0.05, 0) is 25.3 Å². The molecular formula is C14H17BrN2O. The molecule has 0 radical (unpaired) electrons. The summed E-state index contributed by atoms with van der Waals surface area (Å²) in [7, 11) is 0. The Morgan fingerprint density at radius 2 is 2.00 bits per heavy atom. The lowest BCUT2D eigenvalue weighted by molar-refractivity contribution is -0.133. The minimum atomic E-state index is -0.161. The van der Waals surface area contributed by atoms with E-state index in [2.05, 4.69) is 39.5 Å². The van der Waals surface area contributed by atoms with Gasteiger partial charge >= 0.3 is 0 Å². The number of rotatable bonds is 3. The van der Waals surface area contributed by atoms with Crippen LogP contribution in [0.2, 0.25) is 0 Å². The van der Waals surface area contributed by atoms with Crippen molar-refractivity contribution in [3.63, 3.8) is 0 Å². The number of benzene rings is 1. The summed E-state index contributed by atoms with van der Waals surface area (Å²) in [6.45, 7) is 3.62. The molecule has 18 heavy (non-hydrogen) atoms. The fourth-order valence-corrected chi connectivity index (χ4v) is 3.59. The number of nitrogens with one attached hydrogen (secondary N) is 1. The summed E-state index contributed by atoms with van der Waals surface area (Å²) in [5, 5.41) is 0. The number of hydrogen-bond donors (Lipinski definition) is 1. The van der Waals surface area contributed by atoms with Crippen LogP contribution in [0.1, 0.15) is 25.3 Å². The average Bonchev–Trinajstić information content (AvgIpc) is 3.16. The molecule has 1 saturated carbocycles. The van der Waals surface area contributed by atoms with E-state index in [-0.39, 0.29) is 11.0 Å². The summed E-state index contributed by atoms with van der Waals surface area (Å²) in [6, 6.07) is 10.2. The molecule has 1 aliphatic carbocycles. The van der Waals surface area contributed by atoms with Crippen molar-refractivity contribution in [2.45, 2.75) is 31.8 Å². The third-order valence-corrected chi connectivity index (χ3v) is 5.31. The molecule has 1 unspecified atom stereocenters. The molecule has 1 spiro atoms. The quantitative estimate of drug-likeness (QED) is 0.870. The van der Waals surface area contributed by atoms with Crippen LogP contribution in [0.3, 0.4) is 0 Å². The predicted molar refractivity (Wildman–Crippen MR) is 74.0 cm³/mol. The maximum absolute atomic E-state index is 12.5. The van der Waals surface area contributed by atoms with E-state index in [1.165, 1.54) is 5.56 Å². The summed E-state index contributed by atoms with van der Waals surface area (Å²) in [6.07, 6.45) is 2.01. The average molecular weight is 309 g/mol. The Bertz CT molecular complexity index is 472. The fourth-order valence-electron chi connectivity index (χ4n) is 3.09. The van der Waals surface area contributed by atoms with E-state index in [4.69, 9.17) is 0 Å². The maximum atomic E-state index is 12.5. The lowest BCUT2D eigenvalue weighted by Gasteiger charge is -2.27. The lowest BCUT2D eigenvalue weighted by atomic mass is 9.87. The largest absolute Gasteiger partial charge is 0.336 e. The van der Waals surface area contributed by atoms with Gasteiger partial charge in [0.1, 0.15) is 0 Å². The van der Waals surface area contributed by atoms with Crippen LogP contribution >= 0.6 is 16.1 Å². The summed E-state index contributed by atoms with van der Waals surface area (Å²) >= 11 is 3.36. The van der Waals surface area contributed by atoms with Crippen molar-refractivity contribution in [2.24, 2.45) is 5.41 Å². The Balaban J connectivity index is 1.82. The molecule has 3 nitrogen and oxygen atoms in total. The first-order chi connectivity index (χ1) is 8.61. The number of carbonyl (C=O) groups is 1. The second-order valence-corrected chi connectivity index (χ2v) is 6.05. The van der Waals surface area contributed by atoms with Crippen molar-refractivity contribution < 1.29 is 4.79 Å². The fraction of sp³-hybridized carbons (Fsp3) is 0.500. The number of carbonyl (C=O) groups excluding carboxylic acids is 1. The zero-order valence-corrected chi connectivity index (χ0v) is 12.0. The van der Waals surface area contributed by atoms with Crippen LogP contribution in [0.25, 0.3) is 0 Å². The van der Waals surface area contributed by atoms with E-state index in [0.29, 0.717) is 12.5 Å². The lowest BCUT2D eigenvalue weighted by Crippen LogP contribution is -2.46. The van der Waals surface area contributed by atoms with Crippen LogP contribution in [0.5, 0.6) is 0 Å². The molecule has 1 heterocycles. The van der Waals surface area contributed by atoms with Gasteiger partial charge in [0.25, 0.3) is 0 Å². The Morgan fingerprint density at radius 1 is 1.33 bits per heavy atom. The molecule has 1 amide bonds. The van der Waals surface area contributed by atoms with E-state index >= 15 is 0 Å². The number of likely N-dealkylation sites (tertiary alicyclic amines) is 1. The van der Waals surface area contributed by atoms with E-state index < -0.39 is 0 Å². The zero-order chi connectivity index (χ0) is 12.8. The molecule has 2 fully saturated rings. The second-order valence-electron chi connectivity index (χ2n) is 5.66. The Morgan fingerprint density at radius 3 is 2.50 bits per heavy atom. The first kappa shape index (κ1) is 12.2. The van der Waals surface area contributed by atoms with Crippen LogP contribution in [0.4, 0.5) is 0 Å². The Hall–Kier alpha value is -0.870. The van der Waals surface area contributed by atoms with E-state index in [1.54, 1.807) is 0 Å². The smallest absolute Gasteiger partial charge is 0.231 e.